The standard InChI is InChI=1S/C22H33N3O3/c1-17-4-2-5-19(14-17)23-21(27)8-7-18-9-12-25(13-10-18)22(28)16-24-11-3-6-20(26)15-24/h2,4-5,14,18,20,26H,3,6-13,15-16H2,1H3,(H,23,27). The summed E-state index contributed by atoms with van der Waals surface area (Å²) in [7, 11) is 0. The first-order chi connectivity index (χ1) is 13.5. The lowest BCUT2D eigenvalue weighted by Crippen LogP contribution is -2.47. The normalized spacial score (nSPS) is 21.5. The van der Waals surface area contributed by atoms with E-state index in [-0.39, 0.29) is 17.9 Å². The number of nitrogens with zero attached hydrogens (tertiary/aromatic N) is 2. The number of hydrogen-bond acceptors (Lipinski definition) is 4. The number of likely N-dealkylation sites (tertiary alicyclic amines) is 2. The van der Waals surface area contributed by atoms with Crippen LogP contribution in [0.2, 0.25) is 0 Å². The first-order valence-corrected chi connectivity index (χ1v) is 10.5. The van der Waals surface area contributed by atoms with Crippen LogP contribution in [0.1, 0.15) is 44.1 Å². The molecule has 154 valence electrons. The second-order valence-electron chi connectivity index (χ2n) is 8.31. The van der Waals surface area contributed by atoms with Crippen molar-refractivity contribution in [2.75, 3.05) is 38.0 Å². The summed E-state index contributed by atoms with van der Waals surface area (Å²) >= 11 is 0. The van der Waals surface area contributed by atoms with Gasteiger partial charge in [0, 0.05) is 31.7 Å². The number of hydrogen-bond donors (Lipinski definition) is 2. The van der Waals surface area contributed by atoms with Crippen molar-refractivity contribution in [1.29, 1.82) is 0 Å². The summed E-state index contributed by atoms with van der Waals surface area (Å²) in [4.78, 5) is 28.7. The molecule has 3 rings (SSSR count). The molecule has 2 saturated heterocycles. The van der Waals surface area contributed by atoms with Gasteiger partial charge in [0.15, 0.2) is 0 Å². The van der Waals surface area contributed by atoms with Gasteiger partial charge in [-0.25, -0.2) is 0 Å². The quantitative estimate of drug-likeness (QED) is 0.786. The SMILES string of the molecule is Cc1cccc(NC(=O)CCC2CCN(C(=O)CN3CCCC(O)C3)CC2)c1. The minimum Gasteiger partial charge on any atom is -0.392 e. The third-order valence-electron chi connectivity index (χ3n) is 5.89. The highest BCUT2D eigenvalue weighted by Crippen LogP contribution is 2.23. The van der Waals surface area contributed by atoms with Crippen LogP contribution in [0.3, 0.4) is 0 Å². The Bertz CT molecular complexity index is 671. The minimum absolute atomic E-state index is 0.0627. The highest BCUT2D eigenvalue weighted by atomic mass is 16.3. The number of aliphatic hydroxyl groups is 1. The van der Waals surface area contributed by atoms with Crippen LogP contribution in [0.15, 0.2) is 24.3 Å². The Hall–Kier alpha value is -1.92. The van der Waals surface area contributed by atoms with Gasteiger partial charge in [0.1, 0.15) is 0 Å². The van der Waals surface area contributed by atoms with Crippen LogP contribution < -0.4 is 5.32 Å². The number of rotatable bonds is 6. The largest absolute Gasteiger partial charge is 0.392 e. The number of piperidine rings is 2. The molecule has 2 amide bonds. The second-order valence-corrected chi connectivity index (χ2v) is 8.31. The number of nitrogens with one attached hydrogen (secondary N) is 1. The topological polar surface area (TPSA) is 72.9 Å². The maximum Gasteiger partial charge on any atom is 0.236 e. The molecule has 1 aromatic rings. The van der Waals surface area contributed by atoms with E-state index in [1.54, 1.807) is 0 Å². The van der Waals surface area contributed by atoms with Crippen LogP contribution in [0.25, 0.3) is 0 Å². The van der Waals surface area contributed by atoms with Crippen molar-refractivity contribution in [1.82, 2.24) is 9.80 Å². The molecule has 0 radical (unpaired) electrons. The van der Waals surface area contributed by atoms with Gasteiger partial charge in [0.25, 0.3) is 0 Å². The van der Waals surface area contributed by atoms with E-state index in [2.05, 4.69) is 10.2 Å². The lowest BCUT2D eigenvalue weighted by molar-refractivity contribution is -0.134. The molecule has 0 aromatic heterocycles. The van der Waals surface area contributed by atoms with E-state index >= 15 is 0 Å². The average Bonchev–Trinajstić information content (AvgIpc) is 2.67. The maximum atomic E-state index is 12.5. The first-order valence-electron chi connectivity index (χ1n) is 10.5. The van der Waals surface area contributed by atoms with Gasteiger partial charge in [-0.1, -0.05) is 12.1 Å². The zero-order chi connectivity index (χ0) is 19.9. The number of carbonyl (C=O) groups is 2. The van der Waals surface area contributed by atoms with Crippen LogP contribution in [0.5, 0.6) is 0 Å². The molecular weight excluding hydrogens is 354 g/mol. The Balaban J connectivity index is 1.34. The molecule has 1 unspecified atom stereocenters. The summed E-state index contributed by atoms with van der Waals surface area (Å²) in [6, 6.07) is 7.85. The summed E-state index contributed by atoms with van der Waals surface area (Å²) < 4.78 is 0. The average molecular weight is 388 g/mol. The molecular formula is C22H33N3O3. The van der Waals surface area contributed by atoms with E-state index in [1.165, 1.54) is 0 Å². The minimum atomic E-state index is -0.293. The fourth-order valence-electron chi connectivity index (χ4n) is 4.22. The number of aliphatic hydroxyl groups excluding tert-OH is 1. The van der Waals surface area contributed by atoms with Crippen molar-refractivity contribution >= 4 is 17.5 Å². The van der Waals surface area contributed by atoms with Gasteiger partial charge in [-0.2, -0.15) is 0 Å². The van der Waals surface area contributed by atoms with Crippen LogP contribution in [0, 0.1) is 12.8 Å². The Morgan fingerprint density at radius 2 is 1.96 bits per heavy atom. The molecule has 2 N–H and O–H groups in total. The molecule has 1 atom stereocenters. The van der Waals surface area contributed by atoms with E-state index < -0.39 is 0 Å². The summed E-state index contributed by atoms with van der Waals surface area (Å²) in [5.41, 5.74) is 1.99. The summed E-state index contributed by atoms with van der Waals surface area (Å²) in [5, 5.41) is 12.7. The van der Waals surface area contributed by atoms with Crippen molar-refractivity contribution in [3.8, 4) is 0 Å². The molecule has 2 heterocycles. The van der Waals surface area contributed by atoms with Crippen molar-refractivity contribution in [2.45, 2.75) is 51.6 Å². The lowest BCUT2D eigenvalue weighted by Gasteiger charge is -2.35. The van der Waals surface area contributed by atoms with Crippen molar-refractivity contribution in [3.05, 3.63) is 29.8 Å². The second kappa shape index (κ2) is 10.0. The van der Waals surface area contributed by atoms with Gasteiger partial charge in [-0.3, -0.25) is 14.5 Å². The fourth-order valence-corrected chi connectivity index (χ4v) is 4.22. The Labute approximate surface area is 167 Å². The first kappa shape index (κ1) is 20.8. The lowest BCUT2D eigenvalue weighted by atomic mass is 9.92. The monoisotopic (exact) mass is 387 g/mol. The number of β-amino-alcohol motifs (C(OH)–C–C–N with tert-alkyl or cyclic N) is 1. The predicted molar refractivity (Wildman–Crippen MR) is 110 cm³/mol. The van der Waals surface area contributed by atoms with Gasteiger partial charge in [-0.05, 0) is 69.2 Å². The summed E-state index contributed by atoms with van der Waals surface area (Å²) in [6.07, 6.45) is 4.83. The van der Waals surface area contributed by atoms with Crippen LogP contribution in [-0.4, -0.2) is 65.5 Å². The van der Waals surface area contributed by atoms with E-state index in [9.17, 15) is 14.7 Å². The van der Waals surface area contributed by atoms with E-state index in [0.717, 1.165) is 63.0 Å². The smallest absolute Gasteiger partial charge is 0.236 e. The van der Waals surface area contributed by atoms with Crippen molar-refractivity contribution < 1.29 is 14.7 Å². The van der Waals surface area contributed by atoms with Gasteiger partial charge < -0.3 is 15.3 Å². The maximum absolute atomic E-state index is 12.5. The molecule has 28 heavy (non-hydrogen) atoms. The number of aryl methyl sites for hydroxylation is 1. The molecule has 0 spiro atoms. The molecule has 2 fully saturated rings. The van der Waals surface area contributed by atoms with Gasteiger partial charge in [0.05, 0.1) is 12.6 Å². The summed E-state index contributed by atoms with van der Waals surface area (Å²) in [5.74, 6) is 0.738. The van der Waals surface area contributed by atoms with E-state index in [0.29, 0.717) is 25.4 Å². The van der Waals surface area contributed by atoms with Gasteiger partial charge in [0.2, 0.25) is 11.8 Å². The Kier molecular flexibility index (Phi) is 7.45. The van der Waals surface area contributed by atoms with Crippen LogP contribution >= 0.6 is 0 Å². The third kappa shape index (κ3) is 6.31. The molecule has 1 aromatic carbocycles. The fraction of sp³-hybridized carbons (Fsp3) is 0.636. The Morgan fingerprint density at radius 1 is 1.18 bits per heavy atom. The molecule has 0 aliphatic carbocycles. The van der Waals surface area contributed by atoms with E-state index in [1.807, 2.05) is 36.1 Å². The summed E-state index contributed by atoms with van der Waals surface area (Å²) in [6.45, 7) is 5.49. The highest BCUT2D eigenvalue weighted by Gasteiger charge is 2.26. The Morgan fingerprint density at radius 3 is 2.68 bits per heavy atom. The molecule has 0 bridgehead atoms. The van der Waals surface area contributed by atoms with E-state index in [4.69, 9.17) is 0 Å². The highest BCUT2D eigenvalue weighted by molar-refractivity contribution is 5.90. The number of carbonyl (C=O) groups excluding carboxylic acids is 2. The number of benzene rings is 1. The van der Waals surface area contributed by atoms with Gasteiger partial charge in [-0.15, -0.1) is 0 Å². The molecule has 0 saturated carbocycles. The van der Waals surface area contributed by atoms with Crippen molar-refractivity contribution in [2.24, 2.45) is 5.92 Å². The van der Waals surface area contributed by atoms with Crippen molar-refractivity contribution in [3.63, 3.8) is 0 Å². The predicted octanol–water partition coefficient (Wildman–Crippen LogP) is 2.41. The number of amides is 2. The molecule has 6 nitrogen and oxygen atoms in total. The third-order valence-corrected chi connectivity index (χ3v) is 5.89. The molecule has 6 heteroatoms. The van der Waals surface area contributed by atoms with Crippen LogP contribution in [-0.2, 0) is 9.59 Å². The van der Waals surface area contributed by atoms with Crippen LogP contribution in [0.4, 0.5) is 5.69 Å². The zero-order valence-corrected chi connectivity index (χ0v) is 16.9. The van der Waals surface area contributed by atoms with Gasteiger partial charge >= 0.3 is 0 Å². The number of anilines is 1. The molecule has 2 aliphatic rings. The zero-order valence-electron chi connectivity index (χ0n) is 16.9. The molecule has 2 aliphatic heterocycles.